The predicted octanol–water partition coefficient (Wildman–Crippen LogP) is 6.39. The number of benzene rings is 1. The zero-order chi connectivity index (χ0) is 16.2. The Morgan fingerprint density at radius 3 is 2.23 bits per heavy atom. The van der Waals surface area contributed by atoms with Crippen molar-refractivity contribution in [2.45, 2.75) is 70.6 Å². The number of alkyl halides is 1. The normalized spacial score (nSPS) is 12.3. The van der Waals surface area contributed by atoms with Crippen LogP contribution in [0.1, 0.15) is 86.6 Å². The van der Waals surface area contributed by atoms with Gasteiger partial charge in [0, 0.05) is 5.33 Å². The van der Waals surface area contributed by atoms with Gasteiger partial charge in [-0.1, -0.05) is 92.4 Å². The maximum Gasteiger partial charge on any atom is 0.335 e. The summed E-state index contributed by atoms with van der Waals surface area (Å²) in [7, 11) is 0. The van der Waals surface area contributed by atoms with Gasteiger partial charge in [-0.3, -0.25) is 0 Å². The fourth-order valence-electron chi connectivity index (χ4n) is 2.89. The molecule has 0 fully saturated rings. The fraction of sp³-hybridized carbons (Fsp3) is 0.632. The highest BCUT2D eigenvalue weighted by Crippen LogP contribution is 2.27. The molecule has 0 aliphatic carbocycles. The zero-order valence-electron chi connectivity index (χ0n) is 13.7. The molecule has 0 bridgehead atoms. The van der Waals surface area contributed by atoms with E-state index in [4.69, 9.17) is 0 Å². The monoisotopic (exact) mass is 368 g/mol. The van der Waals surface area contributed by atoms with Gasteiger partial charge in [0.15, 0.2) is 0 Å². The first-order valence-electron chi connectivity index (χ1n) is 8.58. The quantitative estimate of drug-likeness (QED) is 0.342. The molecule has 0 aliphatic rings. The molecular weight excluding hydrogens is 340 g/mol. The van der Waals surface area contributed by atoms with Gasteiger partial charge >= 0.3 is 5.97 Å². The molecule has 2 nitrogen and oxygen atoms in total. The molecule has 1 unspecified atom stereocenters. The Labute approximate surface area is 143 Å². The van der Waals surface area contributed by atoms with Crippen molar-refractivity contribution >= 4 is 21.9 Å². The second-order valence-corrected chi connectivity index (χ2v) is 6.65. The third kappa shape index (κ3) is 6.95. The Kier molecular flexibility index (Phi) is 10.2. The van der Waals surface area contributed by atoms with E-state index in [9.17, 15) is 9.90 Å². The van der Waals surface area contributed by atoms with Gasteiger partial charge in [0.2, 0.25) is 0 Å². The number of rotatable bonds is 12. The molecule has 0 spiro atoms. The molecule has 3 heteroatoms. The predicted molar refractivity (Wildman–Crippen MR) is 97.2 cm³/mol. The highest BCUT2D eigenvalue weighted by Gasteiger charge is 2.17. The summed E-state index contributed by atoms with van der Waals surface area (Å²) < 4.78 is 0. The van der Waals surface area contributed by atoms with Crippen molar-refractivity contribution < 1.29 is 9.90 Å². The summed E-state index contributed by atoms with van der Waals surface area (Å²) in [5, 5.41) is 10.1. The molecule has 0 amide bonds. The average molecular weight is 369 g/mol. The third-order valence-electron chi connectivity index (χ3n) is 4.22. The van der Waals surface area contributed by atoms with E-state index in [-0.39, 0.29) is 0 Å². The summed E-state index contributed by atoms with van der Waals surface area (Å²) in [6.45, 7) is 2.25. The van der Waals surface area contributed by atoms with Crippen LogP contribution in [-0.4, -0.2) is 16.4 Å². The van der Waals surface area contributed by atoms with Crippen LogP contribution in [0, 0.1) is 0 Å². The molecular formula is C19H29BrO2. The molecule has 0 aliphatic heterocycles. The average Bonchev–Trinajstić information content (AvgIpc) is 2.53. The summed E-state index contributed by atoms with van der Waals surface area (Å²) in [5.74, 6) is -0.523. The molecule has 0 radical (unpaired) electrons. The van der Waals surface area contributed by atoms with Crippen molar-refractivity contribution in [2.24, 2.45) is 0 Å². The minimum atomic E-state index is -0.822. The Morgan fingerprint density at radius 2 is 1.64 bits per heavy atom. The third-order valence-corrected chi connectivity index (χ3v) is 5.01. The minimum absolute atomic E-state index is 0.299. The van der Waals surface area contributed by atoms with Gasteiger partial charge in [0.25, 0.3) is 0 Å². The van der Waals surface area contributed by atoms with Gasteiger partial charge < -0.3 is 5.11 Å². The topological polar surface area (TPSA) is 37.3 Å². The molecule has 0 saturated carbocycles. The number of carbonyl (C=O) groups is 1. The number of carboxylic acid groups (broad SMARTS) is 1. The summed E-state index contributed by atoms with van der Waals surface area (Å²) in [6.07, 6.45) is 11.5. The molecule has 0 saturated heterocycles. The molecule has 1 N–H and O–H groups in total. The highest BCUT2D eigenvalue weighted by atomic mass is 79.9. The van der Waals surface area contributed by atoms with Crippen molar-refractivity contribution in [1.82, 2.24) is 0 Å². The van der Waals surface area contributed by atoms with E-state index in [1.807, 2.05) is 12.1 Å². The lowest BCUT2D eigenvalue weighted by Crippen LogP contribution is -2.08. The molecule has 1 aromatic carbocycles. The first kappa shape index (κ1) is 19.2. The fourth-order valence-corrected chi connectivity index (χ4v) is 3.56. The van der Waals surface area contributed by atoms with E-state index in [0.29, 0.717) is 11.5 Å². The Hall–Kier alpha value is -0.830. The van der Waals surface area contributed by atoms with Crippen molar-refractivity contribution in [3.8, 4) is 0 Å². The highest BCUT2D eigenvalue weighted by molar-refractivity contribution is 9.09. The maximum absolute atomic E-state index is 11.3. The van der Waals surface area contributed by atoms with E-state index >= 15 is 0 Å². The second-order valence-electron chi connectivity index (χ2n) is 6.01. The van der Waals surface area contributed by atoms with Crippen molar-refractivity contribution in [3.05, 3.63) is 35.4 Å². The van der Waals surface area contributed by atoms with Crippen LogP contribution >= 0.6 is 15.9 Å². The number of halogens is 1. The van der Waals surface area contributed by atoms with Crippen molar-refractivity contribution in [1.29, 1.82) is 0 Å². The van der Waals surface area contributed by atoms with Crippen LogP contribution in [0.5, 0.6) is 0 Å². The summed E-state index contributed by atoms with van der Waals surface area (Å²) >= 11 is 3.55. The molecule has 1 rings (SSSR count). The zero-order valence-corrected chi connectivity index (χ0v) is 15.3. The van der Waals surface area contributed by atoms with E-state index in [1.165, 1.54) is 51.4 Å². The summed E-state index contributed by atoms with van der Waals surface area (Å²) in [6, 6.07) is 7.40. The summed E-state index contributed by atoms with van der Waals surface area (Å²) in [4.78, 5) is 11.3. The number of unbranched alkanes of at least 4 members (excludes halogenated alkanes) is 7. The summed E-state index contributed by atoms with van der Waals surface area (Å²) in [5.41, 5.74) is 1.42. The van der Waals surface area contributed by atoms with Crippen LogP contribution in [0.3, 0.4) is 0 Å². The molecule has 1 aromatic rings. The van der Waals surface area contributed by atoms with Crippen LogP contribution in [-0.2, 0) is 0 Å². The Bertz CT molecular complexity index is 431. The van der Waals surface area contributed by atoms with Gasteiger partial charge in [-0.05, 0) is 24.0 Å². The smallest absolute Gasteiger partial charge is 0.335 e. The van der Waals surface area contributed by atoms with Gasteiger partial charge in [-0.15, -0.1) is 0 Å². The Balaban J connectivity index is 2.35. The van der Waals surface area contributed by atoms with Crippen LogP contribution in [0.4, 0.5) is 0 Å². The second kappa shape index (κ2) is 11.7. The number of aromatic carboxylic acids is 1. The van der Waals surface area contributed by atoms with Crippen LogP contribution in [0.15, 0.2) is 24.3 Å². The first-order valence-corrected chi connectivity index (χ1v) is 9.71. The minimum Gasteiger partial charge on any atom is -0.478 e. The standard InChI is InChI=1S/C19H29BrO2/c1-2-3-4-5-6-7-8-9-12-16(15-20)17-13-10-11-14-18(17)19(21)22/h10-11,13-14,16H,2-9,12,15H2,1H3,(H,21,22). The van der Waals surface area contributed by atoms with E-state index < -0.39 is 5.97 Å². The molecule has 0 heterocycles. The number of hydrogen-bond acceptors (Lipinski definition) is 1. The molecule has 124 valence electrons. The number of hydrogen-bond donors (Lipinski definition) is 1. The van der Waals surface area contributed by atoms with Gasteiger partial charge in [0.1, 0.15) is 0 Å². The van der Waals surface area contributed by atoms with E-state index in [1.54, 1.807) is 12.1 Å². The maximum atomic E-state index is 11.3. The lowest BCUT2D eigenvalue weighted by molar-refractivity contribution is 0.0695. The van der Waals surface area contributed by atoms with Gasteiger partial charge in [0.05, 0.1) is 5.56 Å². The first-order chi connectivity index (χ1) is 10.7. The van der Waals surface area contributed by atoms with Crippen LogP contribution in [0.2, 0.25) is 0 Å². The van der Waals surface area contributed by atoms with E-state index in [2.05, 4.69) is 22.9 Å². The van der Waals surface area contributed by atoms with Gasteiger partial charge in [-0.25, -0.2) is 4.79 Å². The SMILES string of the molecule is CCCCCCCCCCC(CBr)c1ccccc1C(=O)O. The van der Waals surface area contributed by atoms with E-state index in [0.717, 1.165) is 17.3 Å². The lowest BCUT2D eigenvalue weighted by atomic mass is 9.91. The van der Waals surface area contributed by atoms with Gasteiger partial charge in [-0.2, -0.15) is 0 Å². The van der Waals surface area contributed by atoms with Crippen molar-refractivity contribution in [2.75, 3.05) is 5.33 Å². The molecule has 22 heavy (non-hydrogen) atoms. The Morgan fingerprint density at radius 1 is 1.05 bits per heavy atom. The molecule has 1 atom stereocenters. The van der Waals surface area contributed by atoms with Crippen LogP contribution in [0.25, 0.3) is 0 Å². The molecule has 0 aromatic heterocycles. The van der Waals surface area contributed by atoms with Crippen LogP contribution < -0.4 is 0 Å². The largest absolute Gasteiger partial charge is 0.478 e. The lowest BCUT2D eigenvalue weighted by Gasteiger charge is -2.16. The van der Waals surface area contributed by atoms with Crippen molar-refractivity contribution in [3.63, 3.8) is 0 Å². The number of carboxylic acids is 1.